The third kappa shape index (κ3) is 3.78. The maximum Gasteiger partial charge on any atom is 0.243 e. The molecule has 8 heteroatoms. The quantitative estimate of drug-likeness (QED) is 0.729. The van der Waals surface area contributed by atoms with Crippen LogP contribution in [0.15, 0.2) is 17.3 Å². The van der Waals surface area contributed by atoms with E-state index in [1.807, 2.05) is 14.0 Å². The third-order valence-corrected chi connectivity index (χ3v) is 5.04. The van der Waals surface area contributed by atoms with Gasteiger partial charge in [-0.15, -0.1) is 0 Å². The number of likely N-dealkylation sites (N-methyl/N-ethyl adjacent to an activating group) is 1. The first-order valence-corrected chi connectivity index (χ1v) is 8.28. The molecule has 1 saturated heterocycles. The molecule has 0 aliphatic carbocycles. The monoisotopic (exact) mass is 302 g/mol. The lowest BCUT2D eigenvalue weighted by atomic mass is 10.0. The molecule has 1 aliphatic heterocycles. The average molecular weight is 302 g/mol. The molecule has 1 aromatic heterocycles. The van der Waals surface area contributed by atoms with E-state index in [1.165, 1.54) is 6.20 Å². The van der Waals surface area contributed by atoms with Crippen molar-refractivity contribution in [3.63, 3.8) is 0 Å². The first kappa shape index (κ1) is 15.4. The molecule has 2 unspecified atom stereocenters. The molecule has 0 amide bonds. The lowest BCUT2D eigenvalue weighted by Gasteiger charge is -2.18. The summed E-state index contributed by atoms with van der Waals surface area (Å²) in [5.74, 6) is 0.240. The second-order valence-electron chi connectivity index (χ2n) is 5.08. The number of hydrogen-bond acceptors (Lipinski definition) is 5. The molecule has 2 N–H and O–H groups in total. The molecule has 0 spiro atoms. The van der Waals surface area contributed by atoms with Gasteiger partial charge in [-0.1, -0.05) is 0 Å². The summed E-state index contributed by atoms with van der Waals surface area (Å²) in [6.45, 7) is 4.58. The zero-order valence-corrected chi connectivity index (χ0v) is 12.7. The Labute approximate surface area is 119 Å². The molecule has 2 heterocycles. The molecule has 1 aromatic rings. The van der Waals surface area contributed by atoms with Crippen LogP contribution in [-0.4, -0.2) is 51.0 Å². The zero-order chi connectivity index (χ0) is 14.6. The van der Waals surface area contributed by atoms with Crippen molar-refractivity contribution in [2.24, 2.45) is 5.92 Å². The second-order valence-corrected chi connectivity index (χ2v) is 6.79. The van der Waals surface area contributed by atoms with Crippen molar-refractivity contribution in [3.05, 3.63) is 12.4 Å². The topological polar surface area (TPSA) is 85.2 Å². The van der Waals surface area contributed by atoms with E-state index in [2.05, 4.69) is 15.1 Å². The molecular formula is C12H22N4O3S. The molecule has 1 aliphatic rings. The Kier molecular flexibility index (Phi) is 5.14. The Morgan fingerprint density at radius 1 is 1.60 bits per heavy atom. The van der Waals surface area contributed by atoms with Crippen LogP contribution < -0.4 is 10.0 Å². The summed E-state index contributed by atoms with van der Waals surface area (Å²) in [7, 11) is -1.67. The summed E-state index contributed by atoms with van der Waals surface area (Å²) in [5.41, 5.74) is 0. The summed E-state index contributed by atoms with van der Waals surface area (Å²) in [4.78, 5) is 0.208. The van der Waals surface area contributed by atoms with Gasteiger partial charge in [0.1, 0.15) is 4.90 Å². The third-order valence-electron chi connectivity index (χ3n) is 3.52. The molecule has 7 nitrogen and oxygen atoms in total. The summed E-state index contributed by atoms with van der Waals surface area (Å²) in [6.07, 6.45) is 3.83. The van der Waals surface area contributed by atoms with Gasteiger partial charge in [0.15, 0.2) is 0 Å². The summed E-state index contributed by atoms with van der Waals surface area (Å²) in [5, 5.41) is 7.05. The predicted octanol–water partition coefficient (Wildman–Crippen LogP) is -0.194. The summed E-state index contributed by atoms with van der Waals surface area (Å²) in [6, 6.07) is -0.136. The molecule has 2 atom stereocenters. The fourth-order valence-corrected chi connectivity index (χ4v) is 3.45. The van der Waals surface area contributed by atoms with E-state index in [9.17, 15) is 8.42 Å². The number of hydrogen-bond donors (Lipinski definition) is 2. The SMILES string of the molecule is CNCCn1cc(S(=O)(=O)NC(C)C2CCOC2)cn1. The van der Waals surface area contributed by atoms with Gasteiger partial charge in [-0.2, -0.15) is 5.10 Å². The molecule has 2 rings (SSSR count). The minimum Gasteiger partial charge on any atom is -0.381 e. The first-order valence-electron chi connectivity index (χ1n) is 6.80. The van der Waals surface area contributed by atoms with Crippen LogP contribution in [0, 0.1) is 5.92 Å². The molecule has 0 aromatic carbocycles. The van der Waals surface area contributed by atoms with Crippen LogP contribution in [0.5, 0.6) is 0 Å². The molecular weight excluding hydrogens is 280 g/mol. The molecule has 0 radical (unpaired) electrons. The van der Waals surface area contributed by atoms with E-state index in [-0.39, 0.29) is 16.9 Å². The number of nitrogens with one attached hydrogen (secondary N) is 2. The highest BCUT2D eigenvalue weighted by Crippen LogP contribution is 2.18. The van der Waals surface area contributed by atoms with Gasteiger partial charge in [-0.3, -0.25) is 4.68 Å². The lowest BCUT2D eigenvalue weighted by molar-refractivity contribution is 0.180. The smallest absolute Gasteiger partial charge is 0.243 e. The van der Waals surface area contributed by atoms with Gasteiger partial charge < -0.3 is 10.1 Å². The number of rotatable bonds is 7. The Balaban J connectivity index is 2.00. The minimum absolute atomic E-state index is 0.136. The standard InChI is InChI=1S/C12H22N4O3S/c1-10(11-3-6-19-9-11)15-20(17,18)12-7-14-16(8-12)5-4-13-2/h7-8,10-11,13,15H,3-6,9H2,1-2H3. The fourth-order valence-electron chi connectivity index (χ4n) is 2.19. The normalized spacial score (nSPS) is 21.2. The van der Waals surface area contributed by atoms with E-state index in [0.717, 1.165) is 13.0 Å². The highest BCUT2D eigenvalue weighted by Gasteiger charge is 2.27. The van der Waals surface area contributed by atoms with Gasteiger partial charge in [-0.05, 0) is 20.4 Å². The predicted molar refractivity (Wildman–Crippen MR) is 74.9 cm³/mol. The number of aromatic nitrogens is 2. The van der Waals surface area contributed by atoms with E-state index in [0.29, 0.717) is 19.8 Å². The molecule has 114 valence electrons. The second kappa shape index (κ2) is 6.66. The molecule has 20 heavy (non-hydrogen) atoms. The average Bonchev–Trinajstić information content (AvgIpc) is 3.07. The van der Waals surface area contributed by atoms with E-state index < -0.39 is 10.0 Å². The van der Waals surface area contributed by atoms with Crippen LogP contribution in [0.25, 0.3) is 0 Å². The highest BCUT2D eigenvalue weighted by atomic mass is 32.2. The van der Waals surface area contributed by atoms with Crippen molar-refractivity contribution in [2.75, 3.05) is 26.8 Å². The Morgan fingerprint density at radius 2 is 2.40 bits per heavy atom. The number of sulfonamides is 1. The van der Waals surface area contributed by atoms with E-state index in [1.54, 1.807) is 10.9 Å². The van der Waals surface area contributed by atoms with E-state index in [4.69, 9.17) is 4.74 Å². The van der Waals surface area contributed by atoms with Crippen molar-refractivity contribution >= 4 is 10.0 Å². The molecule has 0 saturated carbocycles. The Morgan fingerprint density at radius 3 is 3.05 bits per heavy atom. The van der Waals surface area contributed by atoms with Crippen molar-refractivity contribution in [1.82, 2.24) is 19.8 Å². The Bertz CT molecular complexity index is 523. The van der Waals surface area contributed by atoms with Crippen LogP contribution in [0.1, 0.15) is 13.3 Å². The van der Waals surface area contributed by atoms with E-state index >= 15 is 0 Å². The Hall–Kier alpha value is -0.960. The lowest BCUT2D eigenvalue weighted by Crippen LogP contribution is -2.38. The largest absolute Gasteiger partial charge is 0.381 e. The van der Waals surface area contributed by atoms with Gasteiger partial charge in [0.2, 0.25) is 10.0 Å². The van der Waals surface area contributed by atoms with Gasteiger partial charge in [0, 0.05) is 31.3 Å². The van der Waals surface area contributed by atoms with Gasteiger partial charge in [0.05, 0.1) is 19.3 Å². The maximum absolute atomic E-state index is 12.3. The minimum atomic E-state index is -3.51. The molecule has 0 bridgehead atoms. The van der Waals surface area contributed by atoms with Crippen molar-refractivity contribution < 1.29 is 13.2 Å². The van der Waals surface area contributed by atoms with Crippen LogP contribution in [0.2, 0.25) is 0 Å². The zero-order valence-electron chi connectivity index (χ0n) is 11.9. The molecule has 1 fully saturated rings. The van der Waals surface area contributed by atoms with Crippen LogP contribution in [0.4, 0.5) is 0 Å². The maximum atomic E-state index is 12.3. The fraction of sp³-hybridized carbons (Fsp3) is 0.750. The van der Waals surface area contributed by atoms with Gasteiger partial charge in [-0.25, -0.2) is 13.1 Å². The summed E-state index contributed by atoms with van der Waals surface area (Å²) >= 11 is 0. The first-order chi connectivity index (χ1) is 9.53. The highest BCUT2D eigenvalue weighted by molar-refractivity contribution is 7.89. The van der Waals surface area contributed by atoms with Crippen molar-refractivity contribution in [3.8, 4) is 0 Å². The van der Waals surface area contributed by atoms with Gasteiger partial charge in [0.25, 0.3) is 0 Å². The number of nitrogens with zero attached hydrogens (tertiary/aromatic N) is 2. The summed E-state index contributed by atoms with van der Waals surface area (Å²) < 4.78 is 34.1. The van der Waals surface area contributed by atoms with Crippen LogP contribution in [0.3, 0.4) is 0 Å². The van der Waals surface area contributed by atoms with Gasteiger partial charge >= 0.3 is 0 Å². The van der Waals surface area contributed by atoms with Crippen LogP contribution in [-0.2, 0) is 21.3 Å². The van der Waals surface area contributed by atoms with Crippen molar-refractivity contribution in [2.45, 2.75) is 30.8 Å². The van der Waals surface area contributed by atoms with Crippen molar-refractivity contribution in [1.29, 1.82) is 0 Å². The van der Waals surface area contributed by atoms with Crippen LogP contribution >= 0.6 is 0 Å². The number of ether oxygens (including phenoxy) is 1.